The first-order chi connectivity index (χ1) is 16.7. The first-order valence-corrected chi connectivity index (χ1v) is 13.4. The maximum Gasteiger partial charge on any atom is 0.269 e. The van der Waals surface area contributed by atoms with E-state index in [4.69, 9.17) is 0 Å². The van der Waals surface area contributed by atoms with Crippen molar-refractivity contribution in [2.45, 2.75) is 69.5 Å². The highest BCUT2D eigenvalue weighted by Gasteiger charge is 2.41. The lowest BCUT2D eigenvalue weighted by Gasteiger charge is -2.30. The quantitative estimate of drug-likeness (QED) is 0.604. The molecule has 186 valence electrons. The summed E-state index contributed by atoms with van der Waals surface area (Å²) in [6.07, 6.45) is 3.79. The molecule has 2 aromatic carbocycles. The van der Waals surface area contributed by atoms with E-state index in [1.165, 1.54) is 17.0 Å². The highest BCUT2D eigenvalue weighted by Crippen LogP contribution is 2.30. The molecule has 2 aromatic rings. The van der Waals surface area contributed by atoms with E-state index in [0.717, 1.165) is 41.1 Å². The van der Waals surface area contributed by atoms with Crippen LogP contribution < -0.4 is 5.32 Å². The summed E-state index contributed by atoms with van der Waals surface area (Å²) in [4.78, 5) is 40.5. The first-order valence-electron chi connectivity index (χ1n) is 12.0. The summed E-state index contributed by atoms with van der Waals surface area (Å²) in [6.45, 7) is 3.57. The number of carbonyl (C=O) groups excluding carboxylic acids is 3. The van der Waals surface area contributed by atoms with Crippen LogP contribution in [0.4, 0.5) is 0 Å². The van der Waals surface area contributed by atoms with Gasteiger partial charge < -0.3 is 10.2 Å². The third-order valence-corrected chi connectivity index (χ3v) is 8.59. The Kier molecular flexibility index (Phi) is 7.25. The van der Waals surface area contributed by atoms with E-state index in [1.54, 1.807) is 19.1 Å². The third-order valence-electron chi connectivity index (χ3n) is 6.75. The maximum atomic E-state index is 13.4. The number of sulfonamides is 1. The summed E-state index contributed by atoms with van der Waals surface area (Å²) in [5, 5.41) is 3.05. The second-order valence-corrected chi connectivity index (χ2v) is 11.1. The molecule has 4 rings (SSSR count). The average molecular weight is 498 g/mol. The number of hydrogen-bond donors (Lipinski definition) is 1. The number of nitrogens with one attached hydrogen (secondary N) is 1. The molecule has 8 nitrogen and oxygen atoms in total. The minimum Gasteiger partial charge on any atom is -0.352 e. The van der Waals surface area contributed by atoms with E-state index < -0.39 is 22.0 Å². The number of nitrogens with zero attached hydrogens (tertiary/aromatic N) is 2. The van der Waals surface area contributed by atoms with Gasteiger partial charge in [0.1, 0.15) is 10.9 Å². The highest BCUT2D eigenvalue weighted by molar-refractivity contribution is 7.90. The van der Waals surface area contributed by atoms with Gasteiger partial charge >= 0.3 is 0 Å². The van der Waals surface area contributed by atoms with Crippen LogP contribution in [-0.2, 0) is 26.2 Å². The lowest BCUT2D eigenvalue weighted by Crippen LogP contribution is -2.50. The van der Waals surface area contributed by atoms with Gasteiger partial charge in [0.25, 0.3) is 15.9 Å². The largest absolute Gasteiger partial charge is 0.352 e. The molecule has 1 aliphatic carbocycles. The zero-order valence-electron chi connectivity index (χ0n) is 20.1. The van der Waals surface area contributed by atoms with Gasteiger partial charge in [-0.05, 0) is 44.4 Å². The van der Waals surface area contributed by atoms with Gasteiger partial charge in [-0.25, -0.2) is 12.7 Å². The standard InChI is InChI=1S/C26H31N3O5S/c1-18-8-7-9-20(16-18)17-28(19(2)25(31)27-21-10-3-4-11-21)24(30)14-15-29-26(32)22-12-5-6-13-23(22)35(29,33)34/h5-9,12-13,16,19,21H,3-4,10-11,14-15,17H2,1-2H3,(H,27,31)/t19-/m1/s1. The van der Waals surface area contributed by atoms with Gasteiger partial charge in [0, 0.05) is 25.6 Å². The van der Waals surface area contributed by atoms with E-state index in [1.807, 2.05) is 31.2 Å². The predicted octanol–water partition coefficient (Wildman–Crippen LogP) is 3.01. The predicted molar refractivity (Wildman–Crippen MR) is 131 cm³/mol. The second kappa shape index (κ2) is 10.2. The first kappa shape index (κ1) is 24.9. The second-order valence-electron chi connectivity index (χ2n) is 9.31. The molecular weight excluding hydrogens is 466 g/mol. The van der Waals surface area contributed by atoms with Crippen molar-refractivity contribution in [1.82, 2.24) is 14.5 Å². The van der Waals surface area contributed by atoms with Crippen LogP contribution in [0.1, 0.15) is 60.5 Å². The molecule has 0 unspecified atom stereocenters. The molecule has 1 N–H and O–H groups in total. The Labute approximate surface area is 206 Å². The number of aryl methyl sites for hydroxylation is 1. The van der Waals surface area contributed by atoms with Crippen molar-refractivity contribution >= 4 is 27.7 Å². The highest BCUT2D eigenvalue weighted by atomic mass is 32.2. The number of fused-ring (bicyclic) bond motifs is 1. The molecule has 35 heavy (non-hydrogen) atoms. The van der Waals surface area contributed by atoms with Gasteiger partial charge in [0.15, 0.2) is 0 Å². The van der Waals surface area contributed by atoms with E-state index in [9.17, 15) is 22.8 Å². The molecule has 0 aromatic heterocycles. The van der Waals surface area contributed by atoms with Crippen LogP contribution >= 0.6 is 0 Å². The normalized spacial score (nSPS) is 17.8. The number of rotatable bonds is 8. The zero-order valence-corrected chi connectivity index (χ0v) is 20.9. The Morgan fingerprint density at radius 1 is 1.11 bits per heavy atom. The molecule has 0 radical (unpaired) electrons. The molecule has 2 aliphatic rings. The van der Waals surface area contributed by atoms with Gasteiger partial charge in [-0.3, -0.25) is 14.4 Å². The Bertz CT molecular complexity index is 1240. The van der Waals surface area contributed by atoms with Gasteiger partial charge in [0.05, 0.1) is 5.56 Å². The molecule has 1 atom stereocenters. The molecule has 1 saturated carbocycles. The summed E-state index contributed by atoms with van der Waals surface area (Å²) in [6, 6.07) is 13.1. The molecule has 1 heterocycles. The summed E-state index contributed by atoms with van der Waals surface area (Å²) >= 11 is 0. The summed E-state index contributed by atoms with van der Waals surface area (Å²) in [5.74, 6) is -1.25. The van der Waals surface area contributed by atoms with Gasteiger partial charge in [-0.1, -0.05) is 54.8 Å². The summed E-state index contributed by atoms with van der Waals surface area (Å²) < 4.78 is 26.5. The van der Waals surface area contributed by atoms with Crippen molar-refractivity contribution in [1.29, 1.82) is 0 Å². The van der Waals surface area contributed by atoms with Crippen molar-refractivity contribution in [3.63, 3.8) is 0 Å². The molecular formula is C26H31N3O5S. The molecule has 3 amide bonds. The number of benzene rings is 2. The maximum absolute atomic E-state index is 13.4. The van der Waals surface area contributed by atoms with Crippen LogP contribution in [0.2, 0.25) is 0 Å². The van der Waals surface area contributed by atoms with Crippen LogP contribution in [-0.4, -0.2) is 54.0 Å². The van der Waals surface area contributed by atoms with Crippen molar-refractivity contribution in [2.75, 3.05) is 6.54 Å². The van der Waals surface area contributed by atoms with E-state index in [0.29, 0.717) is 0 Å². The smallest absolute Gasteiger partial charge is 0.269 e. The van der Waals surface area contributed by atoms with Crippen LogP contribution in [0.15, 0.2) is 53.4 Å². The lowest BCUT2D eigenvalue weighted by molar-refractivity contribution is -0.140. The topological polar surface area (TPSA) is 104 Å². The molecule has 0 bridgehead atoms. The van der Waals surface area contributed by atoms with Crippen LogP contribution in [0.3, 0.4) is 0 Å². The SMILES string of the molecule is Cc1cccc(CN(C(=O)CCN2C(=O)c3ccccc3S2(=O)=O)[C@H](C)C(=O)NC2CCCC2)c1. The third kappa shape index (κ3) is 5.24. The van der Waals surface area contributed by atoms with E-state index in [2.05, 4.69) is 5.32 Å². The Morgan fingerprint density at radius 2 is 1.83 bits per heavy atom. The van der Waals surface area contributed by atoms with Crippen molar-refractivity contribution < 1.29 is 22.8 Å². The monoisotopic (exact) mass is 497 g/mol. The van der Waals surface area contributed by atoms with Gasteiger partial charge in [-0.15, -0.1) is 0 Å². The summed E-state index contributed by atoms with van der Waals surface area (Å²) in [5.41, 5.74) is 2.02. The minimum absolute atomic E-state index is 0.0432. The fourth-order valence-corrected chi connectivity index (χ4v) is 6.34. The number of amides is 3. The molecule has 9 heteroatoms. The number of hydrogen-bond acceptors (Lipinski definition) is 5. The Balaban J connectivity index is 1.50. The summed E-state index contributed by atoms with van der Waals surface area (Å²) in [7, 11) is -4.00. The average Bonchev–Trinajstić information content (AvgIpc) is 3.40. The molecule has 1 fully saturated rings. The van der Waals surface area contributed by atoms with Crippen LogP contribution in [0, 0.1) is 6.92 Å². The zero-order chi connectivity index (χ0) is 25.2. The lowest BCUT2D eigenvalue weighted by atomic mass is 10.1. The molecule has 0 spiro atoms. The Morgan fingerprint density at radius 3 is 2.51 bits per heavy atom. The van der Waals surface area contributed by atoms with Crippen LogP contribution in [0.5, 0.6) is 0 Å². The van der Waals surface area contributed by atoms with Crippen molar-refractivity contribution in [2.24, 2.45) is 0 Å². The fraction of sp³-hybridized carbons (Fsp3) is 0.423. The van der Waals surface area contributed by atoms with Gasteiger partial charge in [0.2, 0.25) is 11.8 Å². The fourth-order valence-electron chi connectivity index (χ4n) is 4.77. The van der Waals surface area contributed by atoms with Crippen molar-refractivity contribution in [3.8, 4) is 0 Å². The minimum atomic E-state index is -4.00. The van der Waals surface area contributed by atoms with E-state index in [-0.39, 0.29) is 47.8 Å². The molecule has 0 saturated heterocycles. The van der Waals surface area contributed by atoms with E-state index >= 15 is 0 Å². The van der Waals surface area contributed by atoms with Crippen LogP contribution in [0.25, 0.3) is 0 Å². The molecule has 1 aliphatic heterocycles. The number of carbonyl (C=O) groups is 3. The van der Waals surface area contributed by atoms with Gasteiger partial charge in [-0.2, -0.15) is 0 Å². The Hall–Kier alpha value is -3.20. The van der Waals surface area contributed by atoms with Crippen molar-refractivity contribution in [3.05, 3.63) is 65.2 Å².